The van der Waals surface area contributed by atoms with Crippen molar-refractivity contribution in [3.63, 3.8) is 0 Å². The summed E-state index contributed by atoms with van der Waals surface area (Å²) >= 11 is 0. The number of urea groups is 1. The van der Waals surface area contributed by atoms with Crippen molar-refractivity contribution in [2.75, 3.05) is 13.1 Å². The van der Waals surface area contributed by atoms with Crippen LogP contribution in [-0.4, -0.2) is 50.8 Å². The lowest BCUT2D eigenvalue weighted by molar-refractivity contribution is -0.0649. The Balaban J connectivity index is 1.79. The molecule has 1 saturated heterocycles. The lowest BCUT2D eigenvalue weighted by Gasteiger charge is -2.37. The van der Waals surface area contributed by atoms with Gasteiger partial charge in [0.1, 0.15) is 0 Å². The second-order valence-corrected chi connectivity index (χ2v) is 7.04. The van der Waals surface area contributed by atoms with Crippen LogP contribution in [0.1, 0.15) is 46.0 Å². The van der Waals surface area contributed by atoms with Crippen molar-refractivity contribution in [1.82, 2.24) is 24.8 Å². The molecule has 136 valence electrons. The molecule has 2 amide bonds. The molecule has 1 aliphatic heterocycles. The number of ether oxygens (including phenoxy) is 1. The van der Waals surface area contributed by atoms with Gasteiger partial charge in [-0.2, -0.15) is 0 Å². The number of nitrogens with zero attached hydrogens (tertiary/aromatic N) is 4. The molecule has 0 spiro atoms. The van der Waals surface area contributed by atoms with Crippen molar-refractivity contribution >= 4 is 11.7 Å². The first-order valence-electron chi connectivity index (χ1n) is 9.00. The van der Waals surface area contributed by atoms with E-state index in [1.165, 1.54) is 0 Å². The van der Waals surface area contributed by atoms with Gasteiger partial charge in [0.15, 0.2) is 11.5 Å². The van der Waals surface area contributed by atoms with E-state index in [4.69, 9.17) is 4.74 Å². The number of carbonyl (C=O) groups excluding carboxylic acids is 1. The Hall–Kier alpha value is -2.15. The number of hydrogen-bond acceptors (Lipinski definition) is 4. The Morgan fingerprint density at radius 1 is 1.36 bits per heavy atom. The highest BCUT2D eigenvalue weighted by molar-refractivity contribution is 5.75. The van der Waals surface area contributed by atoms with Gasteiger partial charge in [-0.15, -0.1) is 10.2 Å². The molecular formula is C18H27N5O2. The Kier molecular flexibility index (Phi) is 5.22. The van der Waals surface area contributed by atoms with Crippen LogP contribution < -0.4 is 5.32 Å². The average molecular weight is 345 g/mol. The summed E-state index contributed by atoms with van der Waals surface area (Å²) < 4.78 is 7.78. The fraction of sp³-hybridized carbons (Fsp3) is 0.611. The number of carbonyl (C=O) groups is 1. The summed E-state index contributed by atoms with van der Waals surface area (Å²) in [5.41, 5.74) is 0.781. The minimum atomic E-state index is -0.205. The van der Waals surface area contributed by atoms with Crippen molar-refractivity contribution in [1.29, 1.82) is 0 Å². The lowest BCUT2D eigenvalue weighted by atomic mass is 10.0. The van der Waals surface area contributed by atoms with Gasteiger partial charge in [-0.1, -0.05) is 26.8 Å². The third-order valence-electron chi connectivity index (χ3n) is 4.63. The molecule has 1 aliphatic rings. The van der Waals surface area contributed by atoms with Gasteiger partial charge in [-0.05, 0) is 31.4 Å². The number of aromatic nitrogens is 3. The number of nitrogens with one attached hydrogen (secondary N) is 1. The highest BCUT2D eigenvalue weighted by Gasteiger charge is 2.30. The molecule has 3 heterocycles. The fourth-order valence-electron chi connectivity index (χ4n) is 3.26. The van der Waals surface area contributed by atoms with Crippen LogP contribution in [0.2, 0.25) is 0 Å². The average Bonchev–Trinajstić information content (AvgIpc) is 3.02. The lowest BCUT2D eigenvalue weighted by Crippen LogP contribution is -2.53. The molecule has 0 radical (unpaired) electrons. The zero-order valence-corrected chi connectivity index (χ0v) is 15.3. The molecule has 3 rings (SSSR count). The molecule has 0 unspecified atom stereocenters. The summed E-state index contributed by atoms with van der Waals surface area (Å²) in [5.74, 6) is 0.948. The first-order valence-corrected chi connectivity index (χ1v) is 9.00. The molecule has 3 atom stereocenters. The van der Waals surface area contributed by atoms with Crippen LogP contribution in [0.25, 0.3) is 5.65 Å². The maximum absolute atomic E-state index is 12.9. The Bertz CT molecular complexity index is 729. The van der Waals surface area contributed by atoms with Gasteiger partial charge in [-0.3, -0.25) is 4.40 Å². The van der Waals surface area contributed by atoms with Crippen LogP contribution in [0.4, 0.5) is 4.79 Å². The van der Waals surface area contributed by atoms with Crippen molar-refractivity contribution < 1.29 is 9.53 Å². The fourth-order valence-corrected chi connectivity index (χ4v) is 3.26. The first-order chi connectivity index (χ1) is 12.0. The Labute approximate surface area is 148 Å². The molecule has 2 aromatic rings. The minimum Gasteiger partial charge on any atom is -0.372 e. The molecule has 1 fully saturated rings. The van der Waals surface area contributed by atoms with Crippen LogP contribution in [0, 0.1) is 5.92 Å². The largest absolute Gasteiger partial charge is 0.372 e. The normalized spacial score (nSPS) is 22.4. The number of morpholine rings is 1. The van der Waals surface area contributed by atoms with E-state index < -0.39 is 0 Å². The van der Waals surface area contributed by atoms with E-state index >= 15 is 0 Å². The summed E-state index contributed by atoms with van der Waals surface area (Å²) in [6.45, 7) is 9.47. The van der Waals surface area contributed by atoms with Crippen molar-refractivity contribution in [3.8, 4) is 0 Å². The minimum absolute atomic E-state index is 0.0517. The molecular weight excluding hydrogens is 318 g/mol. The van der Waals surface area contributed by atoms with E-state index in [0.717, 1.165) is 17.9 Å². The smallest absolute Gasteiger partial charge is 0.318 e. The van der Waals surface area contributed by atoms with E-state index in [1.807, 2.05) is 40.6 Å². The van der Waals surface area contributed by atoms with Gasteiger partial charge in [-0.25, -0.2) is 4.79 Å². The molecule has 7 nitrogen and oxygen atoms in total. The molecule has 2 aromatic heterocycles. The van der Waals surface area contributed by atoms with Gasteiger partial charge in [0.25, 0.3) is 0 Å². The predicted molar refractivity (Wildman–Crippen MR) is 95.3 cm³/mol. The van der Waals surface area contributed by atoms with Gasteiger partial charge < -0.3 is 15.0 Å². The third-order valence-corrected chi connectivity index (χ3v) is 4.63. The van der Waals surface area contributed by atoms with Gasteiger partial charge in [0.05, 0.1) is 18.2 Å². The van der Waals surface area contributed by atoms with E-state index in [0.29, 0.717) is 13.1 Å². The first kappa shape index (κ1) is 17.7. The van der Waals surface area contributed by atoms with Crippen molar-refractivity contribution in [2.24, 2.45) is 5.92 Å². The van der Waals surface area contributed by atoms with Gasteiger partial charge >= 0.3 is 6.03 Å². The molecule has 0 saturated carbocycles. The van der Waals surface area contributed by atoms with Gasteiger partial charge in [0.2, 0.25) is 0 Å². The molecule has 0 aliphatic carbocycles. The van der Waals surface area contributed by atoms with Crippen LogP contribution >= 0.6 is 0 Å². The van der Waals surface area contributed by atoms with E-state index in [9.17, 15) is 4.79 Å². The zero-order chi connectivity index (χ0) is 18.0. The van der Waals surface area contributed by atoms with Crippen molar-refractivity contribution in [2.45, 2.75) is 52.4 Å². The molecule has 0 aromatic carbocycles. The molecule has 25 heavy (non-hydrogen) atoms. The molecule has 0 bridgehead atoms. The number of hydrogen-bond donors (Lipinski definition) is 1. The van der Waals surface area contributed by atoms with Gasteiger partial charge in [0, 0.05) is 19.3 Å². The second kappa shape index (κ2) is 7.39. The van der Waals surface area contributed by atoms with Crippen LogP contribution in [-0.2, 0) is 4.74 Å². The monoisotopic (exact) mass is 345 g/mol. The van der Waals surface area contributed by atoms with Crippen LogP contribution in [0.3, 0.4) is 0 Å². The predicted octanol–water partition coefficient (Wildman–Crippen LogP) is 2.64. The summed E-state index contributed by atoms with van der Waals surface area (Å²) in [6.07, 6.45) is 2.98. The molecule has 7 heteroatoms. The number of fused-ring (bicyclic) bond motifs is 1. The number of amides is 2. The highest BCUT2D eigenvalue weighted by atomic mass is 16.5. The summed E-state index contributed by atoms with van der Waals surface area (Å²) in [7, 11) is 0. The maximum atomic E-state index is 12.9. The quantitative estimate of drug-likeness (QED) is 0.925. The summed E-state index contributed by atoms with van der Waals surface area (Å²) in [6, 6.07) is 5.50. The molecule has 1 N–H and O–H groups in total. The zero-order valence-electron chi connectivity index (χ0n) is 15.3. The van der Waals surface area contributed by atoms with Crippen LogP contribution in [0.15, 0.2) is 24.4 Å². The number of rotatable bonds is 4. The van der Waals surface area contributed by atoms with Crippen LogP contribution in [0.5, 0.6) is 0 Å². The standard InChI is InChI=1S/C18H27N5O2/c1-5-14-11-22(10-13(4)25-14)18(24)19-16(12(2)3)17-21-20-15-8-6-7-9-23(15)17/h6-9,12-14,16H,5,10-11H2,1-4H3,(H,19,24)/t13-,14-,16+/m1/s1. The topological polar surface area (TPSA) is 71.8 Å². The van der Waals surface area contributed by atoms with E-state index in [2.05, 4.69) is 36.3 Å². The SMILES string of the molecule is CC[C@@H]1CN(C(=O)N[C@H](c2nnc3ccccn23)C(C)C)C[C@@H](C)O1. The Morgan fingerprint density at radius 3 is 2.88 bits per heavy atom. The summed E-state index contributed by atoms with van der Waals surface area (Å²) in [5, 5.41) is 11.7. The maximum Gasteiger partial charge on any atom is 0.318 e. The van der Waals surface area contributed by atoms with Crippen molar-refractivity contribution in [3.05, 3.63) is 30.2 Å². The number of pyridine rings is 1. The third kappa shape index (κ3) is 3.76. The summed E-state index contributed by atoms with van der Waals surface area (Å²) in [4.78, 5) is 14.7. The van der Waals surface area contributed by atoms with E-state index in [1.54, 1.807) is 0 Å². The second-order valence-electron chi connectivity index (χ2n) is 7.04. The van der Waals surface area contributed by atoms with E-state index in [-0.39, 0.29) is 30.2 Å². The highest BCUT2D eigenvalue weighted by Crippen LogP contribution is 2.22. The Morgan fingerprint density at radius 2 is 2.16 bits per heavy atom.